The molecule has 0 saturated carbocycles. The van der Waals surface area contributed by atoms with Gasteiger partial charge >= 0.3 is 0 Å². The highest BCUT2D eigenvalue weighted by Gasteiger charge is 2.09. The monoisotopic (exact) mass is 224 g/mol. The van der Waals surface area contributed by atoms with E-state index in [0.29, 0.717) is 19.0 Å². The van der Waals surface area contributed by atoms with E-state index >= 15 is 0 Å². The molecular formula is C13H21FN2. The zero-order valence-electron chi connectivity index (χ0n) is 10.1. The summed E-state index contributed by atoms with van der Waals surface area (Å²) in [6, 6.07) is 8.55. The van der Waals surface area contributed by atoms with Crippen LogP contribution in [0, 0.1) is 0 Å². The van der Waals surface area contributed by atoms with E-state index in [1.165, 1.54) is 0 Å². The first-order chi connectivity index (χ1) is 7.69. The molecule has 0 bridgehead atoms. The van der Waals surface area contributed by atoms with Gasteiger partial charge < -0.3 is 10.6 Å². The number of alkyl halides is 1. The van der Waals surface area contributed by atoms with E-state index in [4.69, 9.17) is 5.73 Å². The Hall–Kier alpha value is -1.09. The van der Waals surface area contributed by atoms with E-state index in [2.05, 4.69) is 30.9 Å². The Kier molecular flexibility index (Phi) is 5.26. The minimum atomic E-state index is -0.260. The fourth-order valence-corrected chi connectivity index (χ4v) is 1.74. The lowest BCUT2D eigenvalue weighted by molar-refractivity contribution is 0.466. The van der Waals surface area contributed by atoms with Crippen molar-refractivity contribution in [3.05, 3.63) is 29.8 Å². The predicted molar refractivity (Wildman–Crippen MR) is 67.4 cm³/mol. The van der Waals surface area contributed by atoms with Crippen LogP contribution in [-0.4, -0.2) is 19.3 Å². The molecule has 2 N–H and O–H groups in total. The fourth-order valence-electron chi connectivity index (χ4n) is 1.74. The second-order valence-corrected chi connectivity index (χ2v) is 4.20. The Labute approximate surface area is 97.3 Å². The van der Waals surface area contributed by atoms with Crippen molar-refractivity contribution in [2.24, 2.45) is 5.73 Å². The molecular weight excluding hydrogens is 203 g/mol. The number of benzene rings is 1. The average molecular weight is 224 g/mol. The van der Waals surface area contributed by atoms with Gasteiger partial charge in [-0.1, -0.05) is 12.1 Å². The summed E-state index contributed by atoms with van der Waals surface area (Å²) in [5.74, 6) is 0. The topological polar surface area (TPSA) is 29.3 Å². The number of nitrogens with two attached hydrogens (primary N) is 1. The minimum Gasteiger partial charge on any atom is -0.369 e. The van der Waals surface area contributed by atoms with Crippen LogP contribution < -0.4 is 10.6 Å². The highest BCUT2D eigenvalue weighted by atomic mass is 19.1. The average Bonchev–Trinajstić information content (AvgIpc) is 2.30. The molecule has 0 aliphatic rings. The van der Waals surface area contributed by atoms with Gasteiger partial charge in [-0.25, -0.2) is 0 Å². The number of anilines is 1. The Morgan fingerprint density at radius 1 is 1.25 bits per heavy atom. The van der Waals surface area contributed by atoms with E-state index < -0.39 is 0 Å². The molecule has 0 aromatic heterocycles. The Morgan fingerprint density at radius 3 is 2.31 bits per heavy atom. The standard InChI is InChI=1S/C13H21FN2/c1-11(2)16(9-3-8-14)13-6-4-12(10-15)5-7-13/h4-7,11H,3,8-10,15H2,1-2H3. The summed E-state index contributed by atoms with van der Waals surface area (Å²) in [6.45, 7) is 5.30. The van der Waals surface area contributed by atoms with Crippen LogP contribution in [0.3, 0.4) is 0 Å². The summed E-state index contributed by atoms with van der Waals surface area (Å²) < 4.78 is 12.2. The molecule has 90 valence electrons. The molecule has 3 heteroatoms. The van der Waals surface area contributed by atoms with E-state index in [1.54, 1.807) is 0 Å². The molecule has 0 atom stereocenters. The first-order valence-corrected chi connectivity index (χ1v) is 5.80. The van der Waals surface area contributed by atoms with Crippen LogP contribution in [0.25, 0.3) is 0 Å². The summed E-state index contributed by atoms with van der Waals surface area (Å²) in [5.41, 5.74) is 7.82. The van der Waals surface area contributed by atoms with Gasteiger partial charge in [-0.2, -0.15) is 0 Å². The fraction of sp³-hybridized carbons (Fsp3) is 0.538. The predicted octanol–water partition coefficient (Wildman–Crippen LogP) is 2.72. The maximum absolute atomic E-state index is 12.2. The zero-order chi connectivity index (χ0) is 12.0. The molecule has 2 nitrogen and oxygen atoms in total. The van der Waals surface area contributed by atoms with Gasteiger partial charge in [-0.15, -0.1) is 0 Å². The summed E-state index contributed by atoms with van der Waals surface area (Å²) in [5, 5.41) is 0. The molecule has 0 unspecified atom stereocenters. The van der Waals surface area contributed by atoms with Crippen molar-refractivity contribution in [2.75, 3.05) is 18.1 Å². The SMILES string of the molecule is CC(C)N(CCCF)c1ccc(CN)cc1. The van der Waals surface area contributed by atoms with Crippen LogP contribution in [-0.2, 0) is 6.54 Å². The normalized spacial score (nSPS) is 10.8. The van der Waals surface area contributed by atoms with E-state index in [0.717, 1.165) is 17.8 Å². The number of hydrogen-bond donors (Lipinski definition) is 1. The van der Waals surface area contributed by atoms with Gasteiger partial charge in [0.25, 0.3) is 0 Å². The Bertz CT molecular complexity index is 295. The number of hydrogen-bond acceptors (Lipinski definition) is 2. The molecule has 0 amide bonds. The molecule has 0 heterocycles. The highest BCUT2D eigenvalue weighted by Crippen LogP contribution is 2.18. The van der Waals surface area contributed by atoms with Crippen LogP contribution in [0.2, 0.25) is 0 Å². The number of nitrogens with zero attached hydrogens (tertiary/aromatic N) is 1. The molecule has 0 aliphatic carbocycles. The Morgan fingerprint density at radius 2 is 1.88 bits per heavy atom. The van der Waals surface area contributed by atoms with Gasteiger partial charge in [0.05, 0.1) is 6.67 Å². The molecule has 1 rings (SSSR count). The van der Waals surface area contributed by atoms with E-state index in [1.807, 2.05) is 12.1 Å². The lowest BCUT2D eigenvalue weighted by Gasteiger charge is -2.28. The molecule has 0 saturated heterocycles. The van der Waals surface area contributed by atoms with Crippen molar-refractivity contribution in [3.8, 4) is 0 Å². The number of rotatable bonds is 6. The largest absolute Gasteiger partial charge is 0.369 e. The van der Waals surface area contributed by atoms with Crippen LogP contribution in [0.1, 0.15) is 25.8 Å². The maximum Gasteiger partial charge on any atom is 0.0911 e. The highest BCUT2D eigenvalue weighted by molar-refractivity contribution is 5.48. The minimum absolute atomic E-state index is 0.260. The molecule has 1 aromatic rings. The van der Waals surface area contributed by atoms with Gasteiger partial charge in [-0.3, -0.25) is 4.39 Å². The van der Waals surface area contributed by atoms with Crippen molar-refractivity contribution in [2.45, 2.75) is 32.9 Å². The van der Waals surface area contributed by atoms with Crippen LogP contribution in [0.5, 0.6) is 0 Å². The van der Waals surface area contributed by atoms with Crippen molar-refractivity contribution >= 4 is 5.69 Å². The van der Waals surface area contributed by atoms with Gasteiger partial charge in [0.1, 0.15) is 0 Å². The molecule has 16 heavy (non-hydrogen) atoms. The van der Waals surface area contributed by atoms with Crippen molar-refractivity contribution in [1.82, 2.24) is 0 Å². The van der Waals surface area contributed by atoms with Crippen molar-refractivity contribution < 1.29 is 4.39 Å². The second kappa shape index (κ2) is 6.48. The Balaban J connectivity index is 2.75. The first-order valence-electron chi connectivity index (χ1n) is 5.80. The maximum atomic E-state index is 12.2. The third-order valence-electron chi connectivity index (χ3n) is 2.66. The van der Waals surface area contributed by atoms with Gasteiger partial charge in [0.15, 0.2) is 0 Å². The smallest absolute Gasteiger partial charge is 0.0911 e. The van der Waals surface area contributed by atoms with Crippen LogP contribution >= 0.6 is 0 Å². The third-order valence-corrected chi connectivity index (χ3v) is 2.66. The lowest BCUT2D eigenvalue weighted by atomic mass is 10.1. The summed E-state index contributed by atoms with van der Waals surface area (Å²) in [6.07, 6.45) is 0.580. The molecule has 0 spiro atoms. The molecule has 0 radical (unpaired) electrons. The summed E-state index contributed by atoms with van der Waals surface area (Å²) in [7, 11) is 0. The van der Waals surface area contributed by atoms with Gasteiger partial charge in [0, 0.05) is 24.8 Å². The third kappa shape index (κ3) is 3.49. The first kappa shape index (κ1) is 13.0. The van der Waals surface area contributed by atoms with E-state index in [9.17, 15) is 4.39 Å². The van der Waals surface area contributed by atoms with Crippen LogP contribution in [0.4, 0.5) is 10.1 Å². The second-order valence-electron chi connectivity index (χ2n) is 4.20. The number of halogens is 1. The summed E-state index contributed by atoms with van der Waals surface area (Å²) in [4.78, 5) is 2.21. The zero-order valence-corrected chi connectivity index (χ0v) is 10.1. The molecule has 0 aliphatic heterocycles. The lowest BCUT2D eigenvalue weighted by Crippen LogP contribution is -2.31. The molecule has 1 aromatic carbocycles. The quantitative estimate of drug-likeness (QED) is 0.805. The van der Waals surface area contributed by atoms with Crippen molar-refractivity contribution in [3.63, 3.8) is 0 Å². The van der Waals surface area contributed by atoms with E-state index in [-0.39, 0.29) is 6.67 Å². The van der Waals surface area contributed by atoms with Gasteiger partial charge in [-0.05, 0) is 38.0 Å². The van der Waals surface area contributed by atoms with Crippen LogP contribution in [0.15, 0.2) is 24.3 Å². The van der Waals surface area contributed by atoms with Crippen molar-refractivity contribution in [1.29, 1.82) is 0 Å². The molecule has 0 fully saturated rings. The summed E-state index contributed by atoms with van der Waals surface area (Å²) >= 11 is 0. The van der Waals surface area contributed by atoms with Gasteiger partial charge in [0.2, 0.25) is 0 Å².